The second-order valence-corrected chi connectivity index (χ2v) is 10.7. The SMILES string of the molecule is Nc1ccn([C@]2(CCCNC(=O)CCCC[C@@H]3SC[C@@H]4NC(=O)N[C@@H]43)O[C@H](CO)[C@@H](O)[C@H]2O)c(=O)n1. The first-order chi connectivity index (χ1) is 17.2. The molecule has 1 aromatic heterocycles. The van der Waals surface area contributed by atoms with Gasteiger partial charge in [0.25, 0.3) is 0 Å². The minimum Gasteiger partial charge on any atom is -0.394 e. The predicted molar refractivity (Wildman–Crippen MR) is 131 cm³/mol. The number of nitrogen functional groups attached to an aromatic ring is 1. The van der Waals surface area contributed by atoms with E-state index in [0.29, 0.717) is 18.1 Å². The summed E-state index contributed by atoms with van der Waals surface area (Å²) in [7, 11) is 0. The number of aliphatic hydroxyl groups excluding tert-OH is 3. The Labute approximate surface area is 212 Å². The molecule has 0 saturated carbocycles. The van der Waals surface area contributed by atoms with E-state index < -0.39 is 36.3 Å². The smallest absolute Gasteiger partial charge is 0.351 e. The average molecular weight is 527 g/mol. The summed E-state index contributed by atoms with van der Waals surface area (Å²) in [5, 5.41) is 39.7. The van der Waals surface area contributed by atoms with Crippen LogP contribution in [0.5, 0.6) is 0 Å². The molecule has 0 unspecified atom stereocenters. The van der Waals surface area contributed by atoms with Gasteiger partial charge in [0, 0.05) is 36.6 Å². The van der Waals surface area contributed by atoms with E-state index in [-0.39, 0.29) is 42.8 Å². The molecule has 200 valence electrons. The van der Waals surface area contributed by atoms with Gasteiger partial charge in [-0.25, -0.2) is 9.59 Å². The lowest BCUT2D eigenvalue weighted by Gasteiger charge is -2.34. The molecule has 0 radical (unpaired) electrons. The van der Waals surface area contributed by atoms with Gasteiger partial charge in [-0.1, -0.05) is 6.42 Å². The van der Waals surface area contributed by atoms with Gasteiger partial charge in [-0.05, 0) is 25.3 Å². The van der Waals surface area contributed by atoms with Crippen LogP contribution >= 0.6 is 11.8 Å². The van der Waals surface area contributed by atoms with Crippen molar-refractivity contribution in [3.63, 3.8) is 0 Å². The lowest BCUT2D eigenvalue weighted by molar-refractivity contribution is -0.155. The van der Waals surface area contributed by atoms with Crippen LogP contribution < -0.4 is 27.4 Å². The minimum atomic E-state index is -1.66. The van der Waals surface area contributed by atoms with E-state index >= 15 is 0 Å². The number of hydrogen-bond donors (Lipinski definition) is 7. The Hall–Kier alpha value is -2.39. The largest absolute Gasteiger partial charge is 0.394 e. The van der Waals surface area contributed by atoms with E-state index in [1.165, 1.54) is 12.3 Å². The third-order valence-electron chi connectivity index (χ3n) is 7.05. The van der Waals surface area contributed by atoms with Crippen molar-refractivity contribution in [3.05, 3.63) is 22.7 Å². The zero-order valence-electron chi connectivity index (χ0n) is 19.8. The number of thioether (sulfide) groups is 1. The number of carbonyl (C=O) groups excluding carboxylic acids is 2. The van der Waals surface area contributed by atoms with E-state index in [2.05, 4.69) is 20.9 Å². The summed E-state index contributed by atoms with van der Waals surface area (Å²) in [4.78, 5) is 39.9. The molecule has 3 aliphatic heterocycles. The number of rotatable bonds is 11. The molecule has 3 aliphatic rings. The third-order valence-corrected chi connectivity index (χ3v) is 8.56. The molecule has 8 N–H and O–H groups in total. The quantitative estimate of drug-likeness (QED) is 0.128. The highest BCUT2D eigenvalue weighted by atomic mass is 32.2. The number of nitrogens with one attached hydrogen (secondary N) is 3. The van der Waals surface area contributed by atoms with Crippen LogP contribution in [-0.2, 0) is 15.3 Å². The summed E-state index contributed by atoms with van der Waals surface area (Å²) < 4.78 is 6.86. The first-order valence-electron chi connectivity index (χ1n) is 12.2. The highest BCUT2D eigenvalue weighted by molar-refractivity contribution is 8.00. The number of aromatic nitrogens is 2. The third kappa shape index (κ3) is 5.47. The molecule has 0 aromatic carbocycles. The zero-order valence-corrected chi connectivity index (χ0v) is 20.7. The zero-order chi connectivity index (χ0) is 25.9. The van der Waals surface area contributed by atoms with Gasteiger partial charge in [-0.2, -0.15) is 16.7 Å². The second kappa shape index (κ2) is 11.3. The maximum Gasteiger partial charge on any atom is 0.351 e. The Morgan fingerprint density at radius 1 is 1.31 bits per heavy atom. The minimum absolute atomic E-state index is 0.00131. The molecule has 4 heterocycles. The van der Waals surface area contributed by atoms with Gasteiger partial charge in [0.1, 0.15) is 24.1 Å². The number of amides is 3. The van der Waals surface area contributed by atoms with Crippen molar-refractivity contribution >= 4 is 29.5 Å². The van der Waals surface area contributed by atoms with Crippen LogP contribution in [0.15, 0.2) is 17.1 Å². The van der Waals surface area contributed by atoms with Crippen LogP contribution in [0.25, 0.3) is 0 Å². The molecular formula is C22H34N6O7S. The predicted octanol–water partition coefficient (Wildman–Crippen LogP) is -1.79. The van der Waals surface area contributed by atoms with Crippen molar-refractivity contribution in [2.24, 2.45) is 0 Å². The molecule has 7 atom stereocenters. The summed E-state index contributed by atoms with van der Waals surface area (Å²) >= 11 is 1.85. The normalized spacial score (nSPS) is 33.2. The average Bonchev–Trinajstić information content (AvgIpc) is 3.47. The van der Waals surface area contributed by atoms with Crippen LogP contribution in [0.3, 0.4) is 0 Å². The van der Waals surface area contributed by atoms with Gasteiger partial charge in [0.05, 0.1) is 18.7 Å². The standard InChI is InChI=1S/C22H34N6O7S/c23-15-6-9-28(21(34)26-15)22(19(32)18(31)13(10-29)35-22)7-3-8-24-16(30)5-2-1-4-14-17-12(11-36-14)25-20(33)27-17/h6,9,12-14,17-19,29,31-32H,1-5,7-8,10-11H2,(H,24,30)(H2,23,26,34)(H2,25,27,33)/t12-,13+,14-,17-,18+,19+,22+/m0/s1. The maximum atomic E-state index is 12.5. The molecule has 0 spiro atoms. The number of anilines is 1. The van der Waals surface area contributed by atoms with E-state index in [4.69, 9.17) is 10.5 Å². The van der Waals surface area contributed by atoms with Gasteiger partial charge >= 0.3 is 11.7 Å². The van der Waals surface area contributed by atoms with Crippen LogP contribution in [-0.4, -0.2) is 91.4 Å². The van der Waals surface area contributed by atoms with Gasteiger partial charge in [0.2, 0.25) is 5.91 Å². The Kier molecular flexibility index (Phi) is 8.40. The van der Waals surface area contributed by atoms with Crippen LogP contribution in [0.2, 0.25) is 0 Å². The number of carbonyl (C=O) groups is 2. The number of ether oxygens (including phenoxy) is 1. The lowest BCUT2D eigenvalue weighted by atomic mass is 9.97. The molecule has 1 aromatic rings. The van der Waals surface area contributed by atoms with Crippen molar-refractivity contribution in [2.45, 2.75) is 79.9 Å². The molecule has 36 heavy (non-hydrogen) atoms. The Balaban J connectivity index is 1.23. The molecular weight excluding hydrogens is 492 g/mol. The van der Waals surface area contributed by atoms with E-state index in [0.717, 1.165) is 29.6 Å². The van der Waals surface area contributed by atoms with E-state index in [1.54, 1.807) is 0 Å². The van der Waals surface area contributed by atoms with Gasteiger partial charge in [0.15, 0.2) is 5.72 Å². The van der Waals surface area contributed by atoms with Crippen LogP contribution in [0, 0.1) is 0 Å². The summed E-state index contributed by atoms with van der Waals surface area (Å²) in [5.41, 5.74) is 3.15. The molecule has 13 nitrogen and oxygen atoms in total. The molecule has 3 fully saturated rings. The van der Waals surface area contributed by atoms with Crippen molar-refractivity contribution in [2.75, 3.05) is 24.6 Å². The number of unbranched alkanes of at least 4 members (excludes halogenated alkanes) is 1. The van der Waals surface area contributed by atoms with Gasteiger partial charge in [-0.3, -0.25) is 9.36 Å². The first kappa shape index (κ1) is 26.7. The molecule has 0 aliphatic carbocycles. The second-order valence-electron chi connectivity index (χ2n) is 9.45. The molecule has 4 rings (SSSR count). The van der Waals surface area contributed by atoms with Crippen molar-refractivity contribution in [3.8, 4) is 0 Å². The highest BCUT2D eigenvalue weighted by Crippen LogP contribution is 2.38. The number of aliphatic hydroxyl groups is 3. The number of hydrogen-bond acceptors (Lipinski definition) is 10. The fraction of sp³-hybridized carbons (Fsp3) is 0.727. The first-order valence-corrected chi connectivity index (χ1v) is 13.3. The monoisotopic (exact) mass is 526 g/mol. The Morgan fingerprint density at radius 3 is 2.83 bits per heavy atom. The molecule has 3 saturated heterocycles. The van der Waals surface area contributed by atoms with E-state index in [9.17, 15) is 29.7 Å². The molecule has 3 amide bonds. The number of fused-ring (bicyclic) bond motifs is 1. The summed E-state index contributed by atoms with van der Waals surface area (Å²) in [6.45, 7) is -0.273. The van der Waals surface area contributed by atoms with Crippen LogP contribution in [0.1, 0.15) is 38.5 Å². The lowest BCUT2D eigenvalue weighted by Crippen LogP contribution is -2.51. The molecule has 14 heteroatoms. The fourth-order valence-corrected chi connectivity index (χ4v) is 6.72. The Bertz CT molecular complexity index is 1010. The topological polar surface area (TPSA) is 201 Å². The van der Waals surface area contributed by atoms with Crippen molar-refractivity contribution < 1.29 is 29.6 Å². The Morgan fingerprint density at radius 2 is 2.11 bits per heavy atom. The van der Waals surface area contributed by atoms with Crippen molar-refractivity contribution in [1.29, 1.82) is 0 Å². The van der Waals surface area contributed by atoms with Crippen molar-refractivity contribution in [1.82, 2.24) is 25.5 Å². The number of urea groups is 1. The summed E-state index contributed by atoms with van der Waals surface area (Å²) in [6, 6.07) is 1.62. The number of nitrogens with two attached hydrogens (primary N) is 1. The maximum absolute atomic E-state index is 12.5. The highest BCUT2D eigenvalue weighted by Gasteiger charge is 2.55. The summed E-state index contributed by atoms with van der Waals surface area (Å²) in [5.74, 6) is 0.800. The summed E-state index contributed by atoms with van der Waals surface area (Å²) in [6.07, 6.45) is 0.651. The fourth-order valence-electron chi connectivity index (χ4n) is 5.18. The van der Waals surface area contributed by atoms with Gasteiger partial charge < -0.3 is 41.7 Å². The van der Waals surface area contributed by atoms with Gasteiger partial charge in [-0.15, -0.1) is 0 Å². The van der Waals surface area contributed by atoms with E-state index in [1.807, 2.05) is 11.8 Å². The van der Waals surface area contributed by atoms with Crippen LogP contribution in [0.4, 0.5) is 10.6 Å². The number of nitrogens with zero attached hydrogens (tertiary/aromatic N) is 2. The molecule has 0 bridgehead atoms.